The number of esters is 2. The van der Waals surface area contributed by atoms with Crippen LogP contribution in [0.15, 0.2) is 122 Å². The lowest BCUT2D eigenvalue weighted by Crippen LogP contribution is -2.51. The predicted molar refractivity (Wildman–Crippen MR) is 253 cm³/mol. The second kappa shape index (κ2) is 25.9. The van der Waals surface area contributed by atoms with Crippen LogP contribution in [0.3, 0.4) is 0 Å². The summed E-state index contributed by atoms with van der Waals surface area (Å²) >= 11 is 0. The lowest BCUT2D eigenvalue weighted by atomic mass is 9.98. The molecule has 68 heavy (non-hydrogen) atoms. The van der Waals surface area contributed by atoms with Gasteiger partial charge in [0, 0.05) is 11.8 Å². The number of carbonyl (C=O) groups is 7. The molecule has 358 valence electrons. The van der Waals surface area contributed by atoms with Crippen molar-refractivity contribution in [3.63, 3.8) is 0 Å². The molecule has 2 aliphatic rings. The molecule has 0 fully saturated rings. The van der Waals surface area contributed by atoms with Gasteiger partial charge in [-0.1, -0.05) is 149 Å². The van der Waals surface area contributed by atoms with Gasteiger partial charge in [0.1, 0.15) is 45.6 Å². The van der Waals surface area contributed by atoms with E-state index in [1.165, 1.54) is 12.2 Å². The van der Waals surface area contributed by atoms with E-state index in [-0.39, 0.29) is 44.7 Å². The van der Waals surface area contributed by atoms with Crippen molar-refractivity contribution in [3.05, 3.63) is 145 Å². The van der Waals surface area contributed by atoms with Crippen LogP contribution >= 0.6 is 0 Å². The zero-order chi connectivity index (χ0) is 49.0. The van der Waals surface area contributed by atoms with Crippen molar-refractivity contribution < 1.29 is 57.6 Å². The third kappa shape index (κ3) is 13.7. The van der Waals surface area contributed by atoms with E-state index in [0.717, 1.165) is 44.5 Å². The van der Waals surface area contributed by atoms with E-state index in [1.807, 2.05) is 111 Å². The number of rotatable bonds is 22. The Morgan fingerprint density at radius 3 is 1.38 bits per heavy atom. The number of aliphatic hydroxyl groups excluding tert-OH is 1. The average molecular weight is 931 g/mol. The molecule has 0 saturated carbocycles. The van der Waals surface area contributed by atoms with E-state index in [9.17, 15) is 38.7 Å². The highest BCUT2D eigenvalue weighted by molar-refractivity contribution is 6.38. The minimum absolute atomic E-state index is 0.00441. The maximum atomic E-state index is 12.6. The molecule has 16 nitrogen and oxygen atoms in total. The zero-order valence-electron chi connectivity index (χ0n) is 38.2. The standard InChI is InChI=1S/C26H30N2O6.C26H28N2O6/c2*1-3-9-22(24(30)25(31)27-15-23(29)33-14-4-2)28-26(32)34-16-21-19-12-7-5-10-17(19)18-11-6-8-13-20(18)21/h4-8,10-13,21-22,24,30H,2-3,9,14-16H2,1H3,(H,27,31)(H,28,32);4-8,10-13,21-22H,2-3,9,14-16H2,1H3,(H,27,31)(H,28,32)/t22-,24?;22-/m00/s1. The van der Waals surface area contributed by atoms with Crippen LogP contribution in [0.5, 0.6) is 0 Å². The number of nitrogens with one attached hydrogen (secondary N) is 4. The van der Waals surface area contributed by atoms with Gasteiger partial charge in [0.05, 0.1) is 6.04 Å². The molecule has 16 heteroatoms. The van der Waals surface area contributed by atoms with Crippen LogP contribution in [-0.2, 0) is 42.9 Å². The molecule has 0 spiro atoms. The second-order valence-corrected chi connectivity index (χ2v) is 15.8. The molecular formula is C52H58N4O12. The van der Waals surface area contributed by atoms with Gasteiger partial charge in [-0.2, -0.15) is 0 Å². The predicted octanol–water partition coefficient (Wildman–Crippen LogP) is 6.01. The molecule has 0 bridgehead atoms. The summed E-state index contributed by atoms with van der Waals surface area (Å²) in [5, 5.41) is 20.0. The fourth-order valence-electron chi connectivity index (χ4n) is 8.00. The largest absolute Gasteiger partial charge is 0.460 e. The van der Waals surface area contributed by atoms with Crippen LogP contribution in [0, 0.1) is 0 Å². The van der Waals surface area contributed by atoms with Crippen molar-refractivity contribution in [2.75, 3.05) is 39.5 Å². The first kappa shape index (κ1) is 51.4. The van der Waals surface area contributed by atoms with Gasteiger partial charge >= 0.3 is 24.1 Å². The van der Waals surface area contributed by atoms with Crippen LogP contribution in [0.2, 0.25) is 0 Å². The molecule has 3 atom stereocenters. The average Bonchev–Trinajstić information content (AvgIpc) is 3.86. The minimum atomic E-state index is -1.55. The Hall–Kier alpha value is -7.59. The summed E-state index contributed by atoms with van der Waals surface area (Å²) in [7, 11) is 0. The third-order valence-electron chi connectivity index (χ3n) is 11.2. The van der Waals surface area contributed by atoms with E-state index in [4.69, 9.17) is 18.9 Å². The highest BCUT2D eigenvalue weighted by Gasteiger charge is 2.33. The summed E-state index contributed by atoms with van der Waals surface area (Å²) in [6.07, 6.45) is 1.49. The van der Waals surface area contributed by atoms with Crippen molar-refractivity contribution in [2.24, 2.45) is 0 Å². The number of hydrogen-bond acceptors (Lipinski definition) is 12. The number of Topliss-reactive ketones (excluding diaryl/α,β-unsaturated/α-hetero) is 1. The van der Waals surface area contributed by atoms with Crippen LogP contribution in [0.1, 0.15) is 73.6 Å². The SMILES string of the molecule is C=CCOC(=O)CNC(=O)C(=O)[C@H](CCC)NC(=O)OCC1c2ccccc2-c2ccccc21.C=CCOC(=O)CNC(=O)C(O)[C@H](CCC)NC(=O)OCC1c2ccccc2-c2ccccc21. The lowest BCUT2D eigenvalue weighted by molar-refractivity contribution is -0.144. The van der Waals surface area contributed by atoms with Gasteiger partial charge in [-0.3, -0.25) is 24.0 Å². The summed E-state index contributed by atoms with van der Waals surface area (Å²) in [5.41, 5.74) is 8.77. The molecule has 0 aliphatic heterocycles. The molecular weight excluding hydrogens is 873 g/mol. The first-order chi connectivity index (χ1) is 32.9. The monoisotopic (exact) mass is 930 g/mol. The Bertz CT molecular complexity index is 2360. The summed E-state index contributed by atoms with van der Waals surface area (Å²) in [5.74, 6) is -4.19. The summed E-state index contributed by atoms with van der Waals surface area (Å²) in [6, 6.07) is 30.0. The van der Waals surface area contributed by atoms with Gasteiger partial charge in [0.2, 0.25) is 5.78 Å². The fourth-order valence-corrected chi connectivity index (χ4v) is 8.00. The maximum Gasteiger partial charge on any atom is 0.407 e. The highest BCUT2D eigenvalue weighted by Crippen LogP contribution is 2.45. The van der Waals surface area contributed by atoms with Crippen LogP contribution in [-0.4, -0.2) is 105 Å². The number of hydrogen-bond donors (Lipinski definition) is 5. The number of fused-ring (bicyclic) bond motifs is 6. The fraction of sp³-hybridized carbons (Fsp3) is 0.327. The number of ether oxygens (including phenoxy) is 4. The Balaban J connectivity index is 0.000000254. The molecule has 0 aromatic heterocycles. The Morgan fingerprint density at radius 1 is 0.574 bits per heavy atom. The molecule has 4 aromatic rings. The number of benzene rings is 4. The van der Waals surface area contributed by atoms with E-state index in [1.54, 1.807) is 0 Å². The normalized spacial score (nSPS) is 13.2. The van der Waals surface area contributed by atoms with Crippen LogP contribution in [0.25, 0.3) is 22.3 Å². The van der Waals surface area contributed by atoms with E-state index in [2.05, 4.69) is 34.4 Å². The highest BCUT2D eigenvalue weighted by atomic mass is 16.6. The van der Waals surface area contributed by atoms with E-state index < -0.39 is 73.0 Å². The van der Waals surface area contributed by atoms with Crippen molar-refractivity contribution in [1.29, 1.82) is 0 Å². The van der Waals surface area contributed by atoms with Crippen molar-refractivity contribution >= 4 is 41.7 Å². The zero-order valence-corrected chi connectivity index (χ0v) is 38.2. The lowest BCUT2D eigenvalue weighted by Gasteiger charge is -2.23. The molecule has 2 aliphatic carbocycles. The summed E-state index contributed by atoms with van der Waals surface area (Å²) in [6.45, 7) is 9.93. The Labute approximate surface area is 395 Å². The molecule has 0 saturated heterocycles. The van der Waals surface area contributed by atoms with Crippen molar-refractivity contribution in [1.82, 2.24) is 21.3 Å². The molecule has 1 unspecified atom stereocenters. The first-order valence-corrected chi connectivity index (χ1v) is 22.5. The van der Waals surface area contributed by atoms with Crippen molar-refractivity contribution in [2.45, 2.75) is 69.6 Å². The van der Waals surface area contributed by atoms with E-state index in [0.29, 0.717) is 19.3 Å². The number of alkyl carbamates (subject to hydrolysis) is 2. The van der Waals surface area contributed by atoms with Gasteiger partial charge in [-0.15, -0.1) is 0 Å². The van der Waals surface area contributed by atoms with Gasteiger partial charge in [0.15, 0.2) is 6.10 Å². The number of amides is 4. The maximum absolute atomic E-state index is 12.6. The summed E-state index contributed by atoms with van der Waals surface area (Å²) in [4.78, 5) is 85.1. The molecule has 5 N–H and O–H groups in total. The number of ketones is 1. The van der Waals surface area contributed by atoms with Gasteiger partial charge in [0.25, 0.3) is 11.8 Å². The van der Waals surface area contributed by atoms with Crippen LogP contribution in [0.4, 0.5) is 9.59 Å². The van der Waals surface area contributed by atoms with Gasteiger partial charge in [-0.25, -0.2) is 9.59 Å². The van der Waals surface area contributed by atoms with Gasteiger partial charge < -0.3 is 45.3 Å². The van der Waals surface area contributed by atoms with Crippen LogP contribution < -0.4 is 21.3 Å². The Kier molecular flexibility index (Phi) is 19.6. The van der Waals surface area contributed by atoms with Gasteiger partial charge in [-0.05, 0) is 57.3 Å². The van der Waals surface area contributed by atoms with E-state index >= 15 is 0 Å². The molecule has 0 heterocycles. The summed E-state index contributed by atoms with van der Waals surface area (Å²) < 4.78 is 20.5. The molecule has 0 radical (unpaired) electrons. The Morgan fingerprint density at radius 2 is 0.971 bits per heavy atom. The smallest absolute Gasteiger partial charge is 0.407 e. The minimum Gasteiger partial charge on any atom is -0.460 e. The topological polar surface area (TPSA) is 225 Å². The quantitative estimate of drug-likeness (QED) is 0.0265. The first-order valence-electron chi connectivity index (χ1n) is 22.5. The number of carbonyl (C=O) groups excluding carboxylic acids is 7. The molecule has 6 rings (SSSR count). The third-order valence-corrected chi connectivity index (χ3v) is 11.2. The number of aliphatic hydroxyl groups is 1. The molecule has 4 amide bonds. The molecule has 4 aromatic carbocycles. The van der Waals surface area contributed by atoms with Crippen molar-refractivity contribution in [3.8, 4) is 22.3 Å². The second-order valence-electron chi connectivity index (χ2n) is 15.8.